The summed E-state index contributed by atoms with van der Waals surface area (Å²) in [6.45, 7) is 4.47. The molecule has 2 fully saturated rings. The van der Waals surface area contributed by atoms with Crippen molar-refractivity contribution in [1.82, 2.24) is 4.90 Å². The molecule has 1 aliphatic heterocycles. The number of nitrogens with zero attached hydrogens (tertiary/aromatic N) is 3. The maximum atomic E-state index is 14.9. The van der Waals surface area contributed by atoms with Crippen molar-refractivity contribution < 1.29 is 43.4 Å². The topological polar surface area (TPSA) is 153 Å². The minimum atomic E-state index is -1.48. The molecule has 354 valence electrons. The number of nitro groups is 1. The van der Waals surface area contributed by atoms with E-state index in [4.69, 9.17) is 24.2 Å². The fourth-order valence-electron chi connectivity index (χ4n) is 10.7. The Morgan fingerprint density at radius 2 is 1.60 bits per heavy atom. The van der Waals surface area contributed by atoms with Gasteiger partial charge in [-0.3, -0.25) is 14.9 Å². The molecule has 12 nitrogen and oxygen atoms in total. The fraction of sp³-hybridized carbons (Fsp3) is 0.382. The molecule has 68 heavy (non-hydrogen) atoms. The van der Waals surface area contributed by atoms with Crippen LogP contribution < -0.4 is 9.47 Å². The number of carbonyl (C=O) groups excluding carboxylic acids is 1. The number of halogens is 1. The van der Waals surface area contributed by atoms with Crippen molar-refractivity contribution in [3.63, 3.8) is 0 Å². The summed E-state index contributed by atoms with van der Waals surface area (Å²) < 4.78 is 35.6. The minimum absolute atomic E-state index is 0.00412. The van der Waals surface area contributed by atoms with Crippen molar-refractivity contribution in [2.24, 2.45) is 28.8 Å². The lowest BCUT2D eigenvalue weighted by Gasteiger charge is -2.60. The number of fused-ring (bicyclic) bond motifs is 3. The van der Waals surface area contributed by atoms with Gasteiger partial charge in [0, 0.05) is 55.7 Å². The average molecular weight is 924 g/mol. The number of aliphatic hydroxyl groups excluding tert-OH is 2. The molecule has 0 spiro atoms. The second kappa shape index (κ2) is 20.8. The van der Waals surface area contributed by atoms with Crippen LogP contribution in [0.4, 0.5) is 10.1 Å². The number of amides is 1. The first kappa shape index (κ1) is 46.7. The molecular weight excluding hydrogens is 866 g/mol. The number of benzene rings is 5. The number of oxime groups is 1. The molecule has 0 aromatic heterocycles. The van der Waals surface area contributed by atoms with E-state index in [9.17, 15) is 29.5 Å². The van der Waals surface area contributed by atoms with Crippen LogP contribution >= 0.6 is 0 Å². The zero-order valence-electron chi connectivity index (χ0n) is 38.1. The molecule has 6 atom stereocenters. The number of rotatable bonds is 21. The highest BCUT2D eigenvalue weighted by Gasteiger charge is 2.66. The van der Waals surface area contributed by atoms with E-state index < -0.39 is 22.7 Å². The number of hydrogen-bond acceptors (Lipinski definition) is 10. The largest absolute Gasteiger partial charge is 0.459 e. The van der Waals surface area contributed by atoms with Gasteiger partial charge in [0.05, 0.1) is 23.2 Å². The lowest BCUT2D eigenvalue weighted by Crippen LogP contribution is -2.70. The molecule has 3 aliphatic carbocycles. The lowest BCUT2D eigenvalue weighted by molar-refractivity contribution is -0.384. The number of non-ortho nitro benzene ring substituents is 1. The Morgan fingerprint density at radius 1 is 0.897 bits per heavy atom. The number of nitro benzene ring substituents is 1. The molecule has 5 aromatic carbocycles. The first-order chi connectivity index (χ1) is 33.2. The van der Waals surface area contributed by atoms with E-state index in [1.807, 2.05) is 47.4 Å². The van der Waals surface area contributed by atoms with Crippen LogP contribution in [0.3, 0.4) is 0 Å². The summed E-state index contributed by atoms with van der Waals surface area (Å²) in [5.74, 6) is -1.05. The van der Waals surface area contributed by atoms with Crippen LogP contribution in [0, 0.1) is 39.6 Å². The normalized spacial score (nSPS) is 23.2. The molecule has 2 saturated carbocycles. The van der Waals surface area contributed by atoms with Crippen molar-refractivity contribution in [1.29, 1.82) is 0 Å². The quantitative estimate of drug-likeness (QED) is 0.0317. The first-order valence-corrected chi connectivity index (χ1v) is 23.8. The van der Waals surface area contributed by atoms with E-state index in [-0.39, 0.29) is 80.5 Å². The smallest absolute Gasteiger partial charge is 0.269 e. The van der Waals surface area contributed by atoms with Crippen molar-refractivity contribution in [3.05, 3.63) is 166 Å². The second-order valence-corrected chi connectivity index (χ2v) is 18.4. The Hall–Kier alpha value is -6.41. The summed E-state index contributed by atoms with van der Waals surface area (Å²) in [7, 11) is 0. The molecule has 2 N–H and O–H groups in total. The van der Waals surface area contributed by atoms with E-state index in [1.165, 1.54) is 24.3 Å². The highest BCUT2D eigenvalue weighted by atomic mass is 19.1. The van der Waals surface area contributed by atoms with E-state index in [0.29, 0.717) is 41.4 Å². The number of allylic oxidation sites excluding steroid dienone is 1. The third-order valence-corrected chi connectivity index (χ3v) is 14.0. The number of ether oxygens (including phenoxy) is 3. The molecule has 9 rings (SSSR count). The summed E-state index contributed by atoms with van der Waals surface area (Å²) in [5.41, 5.74) is 3.81. The van der Waals surface area contributed by atoms with Gasteiger partial charge in [-0.1, -0.05) is 72.6 Å². The third kappa shape index (κ3) is 9.92. The van der Waals surface area contributed by atoms with Gasteiger partial charge in [0.2, 0.25) is 11.7 Å². The Morgan fingerprint density at radius 3 is 2.32 bits per heavy atom. The highest BCUT2D eigenvalue weighted by molar-refractivity contribution is 6.03. The molecule has 1 amide bonds. The Bertz CT molecular complexity index is 2670. The number of unbranched alkanes of at least 4 members (excludes halogenated alkanes) is 2. The van der Waals surface area contributed by atoms with Gasteiger partial charge in [-0.05, 0) is 132 Å². The predicted octanol–water partition coefficient (Wildman–Crippen LogP) is 11.0. The van der Waals surface area contributed by atoms with Crippen molar-refractivity contribution in [2.45, 2.75) is 88.7 Å². The van der Waals surface area contributed by atoms with Crippen LogP contribution in [-0.2, 0) is 27.5 Å². The van der Waals surface area contributed by atoms with E-state index in [0.717, 1.165) is 66.0 Å². The average Bonchev–Trinajstić information content (AvgIpc) is 4.21. The monoisotopic (exact) mass is 923 g/mol. The zero-order valence-corrected chi connectivity index (χ0v) is 38.1. The van der Waals surface area contributed by atoms with E-state index in [2.05, 4.69) is 30.9 Å². The summed E-state index contributed by atoms with van der Waals surface area (Å²) in [5, 5.41) is 38.5. The second-order valence-electron chi connectivity index (χ2n) is 18.4. The molecule has 0 radical (unpaired) electrons. The summed E-state index contributed by atoms with van der Waals surface area (Å²) >= 11 is 0. The van der Waals surface area contributed by atoms with Gasteiger partial charge in [0.1, 0.15) is 35.7 Å². The van der Waals surface area contributed by atoms with Gasteiger partial charge in [-0.25, -0.2) is 4.39 Å². The molecule has 1 heterocycles. The fourth-order valence-corrected chi connectivity index (χ4v) is 10.7. The number of carbonyl (C=O) groups is 1. The lowest BCUT2D eigenvalue weighted by atomic mass is 9.55. The van der Waals surface area contributed by atoms with Crippen LogP contribution in [-0.4, -0.2) is 63.3 Å². The van der Waals surface area contributed by atoms with Crippen molar-refractivity contribution >= 4 is 28.1 Å². The van der Waals surface area contributed by atoms with Gasteiger partial charge in [0.15, 0.2) is 0 Å². The van der Waals surface area contributed by atoms with Crippen LogP contribution in [0.1, 0.15) is 80.4 Å². The van der Waals surface area contributed by atoms with Crippen LogP contribution in [0.2, 0.25) is 0 Å². The number of hydrogen-bond donors (Lipinski definition) is 2. The molecule has 0 saturated heterocycles. The van der Waals surface area contributed by atoms with Crippen LogP contribution in [0.25, 0.3) is 10.8 Å². The standard InChI is InChI=1S/C55H58FN3O9/c1-2-29-65-55-51(58(54(62)39-17-18-39)34-36-13-20-42(56)21-14-36)33-49(57-66-35-37-15-22-43(23-16-37)59(63)64)47-31-41(11-5-7-27-60)46(12-6-8-28-61)52(53(47)55)48-32-45(25-26-50(48)68-55)67-44-24-19-38-9-3-4-10-40(38)30-44/h2-4,9-10,13-16,19-26,30-32,39,41,46,51-53,60-61H,1,5-8,11-12,17-18,27-29,33-35H2. The molecule has 4 aliphatic rings. The Balaban J connectivity index is 1.22. The number of aliphatic hydroxyl groups is 2. The molecule has 6 unspecified atom stereocenters. The van der Waals surface area contributed by atoms with Crippen molar-refractivity contribution in [2.75, 3.05) is 19.8 Å². The summed E-state index contributed by atoms with van der Waals surface area (Å²) in [4.78, 5) is 33.9. The summed E-state index contributed by atoms with van der Waals surface area (Å²) in [6, 6.07) is 31.6. The van der Waals surface area contributed by atoms with E-state index >= 15 is 0 Å². The van der Waals surface area contributed by atoms with Crippen LogP contribution in [0.5, 0.6) is 17.2 Å². The molecular formula is C55H58FN3O9. The Kier molecular flexibility index (Phi) is 14.3. The van der Waals surface area contributed by atoms with Gasteiger partial charge in [0.25, 0.3) is 5.69 Å². The molecule has 13 heteroatoms. The maximum Gasteiger partial charge on any atom is 0.269 e. The predicted molar refractivity (Wildman–Crippen MR) is 257 cm³/mol. The van der Waals surface area contributed by atoms with Gasteiger partial charge >= 0.3 is 0 Å². The first-order valence-electron chi connectivity index (χ1n) is 23.8. The van der Waals surface area contributed by atoms with Crippen LogP contribution in [0.15, 0.2) is 139 Å². The minimum Gasteiger partial charge on any atom is -0.459 e. The van der Waals surface area contributed by atoms with Gasteiger partial charge in [-0.2, -0.15) is 0 Å². The van der Waals surface area contributed by atoms with E-state index in [1.54, 1.807) is 30.3 Å². The third-order valence-electron chi connectivity index (χ3n) is 14.0. The Labute approximate surface area is 395 Å². The SMILES string of the molecule is C=CCOC12Oc3ccc(Oc4ccc5ccccc5c4)cc3C3C(CCCCO)C(CCCCO)C=C(C(=NOCc4ccc([N+](=O)[O-])cc4)CC1N(Cc1ccc(F)cc1)C(=O)C1CC1)C32. The zero-order chi connectivity index (χ0) is 47.2. The molecule has 5 aromatic rings. The maximum absolute atomic E-state index is 14.9. The summed E-state index contributed by atoms with van der Waals surface area (Å²) in [6.07, 6.45) is 9.97. The van der Waals surface area contributed by atoms with Crippen molar-refractivity contribution in [3.8, 4) is 17.2 Å². The van der Waals surface area contributed by atoms with Gasteiger partial charge in [-0.15, -0.1) is 6.58 Å². The highest BCUT2D eigenvalue weighted by Crippen LogP contribution is 2.62. The molecule has 0 bridgehead atoms. The van der Waals surface area contributed by atoms with Gasteiger partial charge < -0.3 is 34.2 Å².